The lowest BCUT2D eigenvalue weighted by atomic mass is 10.1. The van der Waals surface area contributed by atoms with Gasteiger partial charge in [0, 0.05) is 12.0 Å². The van der Waals surface area contributed by atoms with Gasteiger partial charge in [0.1, 0.15) is 13.2 Å². The molecule has 1 aliphatic rings. The summed E-state index contributed by atoms with van der Waals surface area (Å²) in [5.74, 6) is 1.45. The first-order valence-corrected chi connectivity index (χ1v) is 6.70. The zero-order valence-electron chi connectivity index (χ0n) is 9.69. The van der Waals surface area contributed by atoms with Crippen LogP contribution in [0.3, 0.4) is 0 Å². The number of nitrogens with two attached hydrogens (primary N) is 1. The first kappa shape index (κ1) is 12.3. The molecule has 0 radical (unpaired) electrons. The van der Waals surface area contributed by atoms with Crippen molar-refractivity contribution in [3.8, 4) is 11.5 Å². The van der Waals surface area contributed by atoms with Crippen LogP contribution < -0.4 is 15.2 Å². The highest BCUT2D eigenvalue weighted by Crippen LogP contribution is 2.41. The van der Waals surface area contributed by atoms with Crippen molar-refractivity contribution in [1.82, 2.24) is 0 Å². The van der Waals surface area contributed by atoms with Gasteiger partial charge in [0.15, 0.2) is 17.3 Å². The van der Waals surface area contributed by atoms with Gasteiger partial charge >= 0.3 is 0 Å². The number of carbonyl (C=O) groups excluding carboxylic acids is 1. The molecular formula is C12H15NO3S. The summed E-state index contributed by atoms with van der Waals surface area (Å²) in [5, 5.41) is 0. The van der Waals surface area contributed by atoms with Gasteiger partial charge in [-0.2, -0.15) is 0 Å². The van der Waals surface area contributed by atoms with E-state index in [9.17, 15) is 4.79 Å². The Morgan fingerprint density at radius 2 is 2.18 bits per heavy atom. The number of fused-ring (bicyclic) bond motifs is 1. The van der Waals surface area contributed by atoms with E-state index < -0.39 is 0 Å². The van der Waals surface area contributed by atoms with Crippen LogP contribution in [0.15, 0.2) is 17.0 Å². The molecule has 92 valence electrons. The molecule has 0 saturated heterocycles. The van der Waals surface area contributed by atoms with Crippen molar-refractivity contribution >= 4 is 17.5 Å². The lowest BCUT2D eigenvalue weighted by molar-refractivity contribution is 0.0980. The maximum atomic E-state index is 11.9. The first-order valence-electron chi connectivity index (χ1n) is 5.47. The number of Topliss-reactive ketones (excluding diaryl/α,β-unsaturated/α-hetero) is 1. The van der Waals surface area contributed by atoms with Gasteiger partial charge in [-0.25, -0.2) is 0 Å². The van der Waals surface area contributed by atoms with Crippen molar-refractivity contribution in [1.29, 1.82) is 0 Å². The van der Waals surface area contributed by atoms with Crippen LogP contribution in [-0.2, 0) is 0 Å². The molecule has 1 heterocycles. The summed E-state index contributed by atoms with van der Waals surface area (Å²) in [6.45, 7) is 1.44. The highest BCUT2D eigenvalue weighted by Gasteiger charge is 2.21. The Labute approximate surface area is 104 Å². The van der Waals surface area contributed by atoms with Gasteiger partial charge in [0.25, 0.3) is 0 Å². The summed E-state index contributed by atoms with van der Waals surface area (Å²) >= 11 is 1.50. The van der Waals surface area contributed by atoms with E-state index in [0.717, 1.165) is 4.90 Å². The Morgan fingerprint density at radius 3 is 2.88 bits per heavy atom. The highest BCUT2D eigenvalue weighted by molar-refractivity contribution is 7.98. The Hall–Kier alpha value is -1.20. The number of hydrogen-bond donors (Lipinski definition) is 1. The van der Waals surface area contributed by atoms with Gasteiger partial charge in [0.2, 0.25) is 0 Å². The van der Waals surface area contributed by atoms with Crippen LogP contribution in [0.5, 0.6) is 11.5 Å². The largest absolute Gasteiger partial charge is 0.486 e. The van der Waals surface area contributed by atoms with Crippen molar-refractivity contribution in [3.05, 3.63) is 17.7 Å². The summed E-state index contributed by atoms with van der Waals surface area (Å²) in [6.07, 6.45) is 2.28. The van der Waals surface area contributed by atoms with E-state index in [2.05, 4.69) is 0 Å². The van der Waals surface area contributed by atoms with Gasteiger partial charge in [0.05, 0.1) is 4.90 Å². The lowest BCUT2D eigenvalue weighted by Crippen LogP contribution is -2.17. The van der Waals surface area contributed by atoms with Crippen molar-refractivity contribution in [2.45, 2.75) is 11.3 Å². The molecule has 0 fully saturated rings. The van der Waals surface area contributed by atoms with E-state index in [-0.39, 0.29) is 5.78 Å². The maximum Gasteiger partial charge on any atom is 0.175 e. The average Bonchev–Trinajstić information content (AvgIpc) is 2.37. The third-order valence-corrected chi connectivity index (χ3v) is 3.35. The van der Waals surface area contributed by atoms with Crippen LogP contribution in [0.4, 0.5) is 0 Å². The molecule has 17 heavy (non-hydrogen) atoms. The Bertz CT molecular complexity index is 434. The predicted octanol–water partition coefficient (Wildman–Crippen LogP) is 1.71. The monoisotopic (exact) mass is 253 g/mol. The van der Waals surface area contributed by atoms with Crippen molar-refractivity contribution < 1.29 is 14.3 Å². The summed E-state index contributed by atoms with van der Waals surface area (Å²) in [4.78, 5) is 12.8. The van der Waals surface area contributed by atoms with E-state index in [1.165, 1.54) is 11.8 Å². The number of thioether (sulfide) groups is 1. The molecule has 4 nitrogen and oxygen atoms in total. The molecule has 0 aromatic heterocycles. The second-order valence-corrected chi connectivity index (χ2v) is 4.45. The van der Waals surface area contributed by atoms with E-state index in [0.29, 0.717) is 43.2 Å². The summed E-state index contributed by atoms with van der Waals surface area (Å²) in [5.41, 5.74) is 6.09. The van der Waals surface area contributed by atoms with Gasteiger partial charge < -0.3 is 15.2 Å². The van der Waals surface area contributed by atoms with E-state index >= 15 is 0 Å². The number of ketones is 1. The van der Waals surface area contributed by atoms with E-state index in [1.54, 1.807) is 12.1 Å². The molecular weight excluding hydrogens is 238 g/mol. The van der Waals surface area contributed by atoms with Gasteiger partial charge in [-0.1, -0.05) is 0 Å². The Morgan fingerprint density at radius 1 is 1.41 bits per heavy atom. The number of benzene rings is 1. The average molecular weight is 253 g/mol. The molecule has 0 aliphatic carbocycles. The molecule has 0 bridgehead atoms. The Balaban J connectivity index is 2.43. The molecule has 5 heteroatoms. The van der Waals surface area contributed by atoms with Crippen LogP contribution in [0.25, 0.3) is 0 Å². The summed E-state index contributed by atoms with van der Waals surface area (Å²) in [7, 11) is 0. The minimum Gasteiger partial charge on any atom is -0.486 e. The first-order chi connectivity index (χ1) is 8.27. The molecule has 1 aromatic rings. The van der Waals surface area contributed by atoms with Gasteiger partial charge in [-0.3, -0.25) is 4.79 Å². The molecule has 2 N–H and O–H groups in total. The normalized spacial score (nSPS) is 13.5. The second kappa shape index (κ2) is 5.42. The smallest absolute Gasteiger partial charge is 0.175 e. The van der Waals surface area contributed by atoms with E-state index in [4.69, 9.17) is 15.2 Å². The van der Waals surface area contributed by atoms with Crippen LogP contribution in [0.1, 0.15) is 16.8 Å². The maximum absolute atomic E-state index is 11.9. The number of ether oxygens (including phenoxy) is 2. The third-order valence-electron chi connectivity index (χ3n) is 2.54. The minimum atomic E-state index is 0.0498. The molecule has 0 unspecified atom stereocenters. The number of rotatable bonds is 4. The third kappa shape index (κ3) is 2.40. The van der Waals surface area contributed by atoms with Crippen LogP contribution >= 0.6 is 11.8 Å². The summed E-state index contributed by atoms with van der Waals surface area (Å²) < 4.78 is 11.1. The number of carbonyl (C=O) groups is 1. The fourth-order valence-electron chi connectivity index (χ4n) is 1.78. The zero-order valence-corrected chi connectivity index (χ0v) is 10.5. The fraction of sp³-hybridized carbons (Fsp3) is 0.417. The van der Waals surface area contributed by atoms with Gasteiger partial charge in [-0.15, -0.1) is 11.8 Å². The minimum absolute atomic E-state index is 0.0498. The van der Waals surface area contributed by atoms with Crippen molar-refractivity contribution in [2.24, 2.45) is 5.73 Å². The molecule has 0 amide bonds. The van der Waals surface area contributed by atoms with Crippen molar-refractivity contribution in [3.63, 3.8) is 0 Å². The van der Waals surface area contributed by atoms with Gasteiger partial charge in [-0.05, 0) is 24.9 Å². The number of hydrogen-bond acceptors (Lipinski definition) is 5. The fourth-order valence-corrected chi connectivity index (χ4v) is 2.52. The molecule has 0 atom stereocenters. The molecule has 2 rings (SSSR count). The predicted molar refractivity (Wildman–Crippen MR) is 67.2 cm³/mol. The van der Waals surface area contributed by atoms with Crippen LogP contribution in [0, 0.1) is 0 Å². The Kier molecular flexibility index (Phi) is 3.91. The van der Waals surface area contributed by atoms with E-state index in [1.807, 2.05) is 6.26 Å². The molecule has 1 aromatic carbocycles. The van der Waals surface area contributed by atoms with Crippen molar-refractivity contribution in [2.75, 3.05) is 26.0 Å². The molecule has 1 aliphatic heterocycles. The second-order valence-electron chi connectivity index (χ2n) is 3.63. The zero-order chi connectivity index (χ0) is 12.3. The highest BCUT2D eigenvalue weighted by atomic mass is 32.2. The molecule has 0 saturated carbocycles. The topological polar surface area (TPSA) is 61.6 Å². The molecule has 0 spiro atoms. The SMILES string of the molecule is CSc1c(C(=O)CCN)ccc2c1OCCO2. The van der Waals surface area contributed by atoms with Crippen LogP contribution in [-0.4, -0.2) is 31.8 Å². The quantitative estimate of drug-likeness (QED) is 0.654. The standard InChI is InChI=1S/C12H15NO3S/c1-17-12-8(9(14)4-5-13)2-3-10-11(12)16-7-6-15-10/h2-3H,4-7,13H2,1H3. The van der Waals surface area contributed by atoms with Crippen LogP contribution in [0.2, 0.25) is 0 Å². The summed E-state index contributed by atoms with van der Waals surface area (Å²) in [6, 6.07) is 3.58. The lowest BCUT2D eigenvalue weighted by Gasteiger charge is -2.21.